The topological polar surface area (TPSA) is 88.9 Å². The van der Waals surface area contributed by atoms with Gasteiger partial charge in [-0.3, -0.25) is 9.69 Å². The molecule has 1 N–H and O–H groups in total. The Balaban J connectivity index is 1.47. The van der Waals surface area contributed by atoms with E-state index in [9.17, 15) is 4.79 Å². The van der Waals surface area contributed by atoms with E-state index >= 15 is 0 Å². The van der Waals surface area contributed by atoms with Crippen molar-refractivity contribution in [3.8, 4) is 0 Å². The third-order valence-electron chi connectivity index (χ3n) is 7.02. The summed E-state index contributed by atoms with van der Waals surface area (Å²) >= 11 is 0. The lowest BCUT2D eigenvalue weighted by atomic mass is 9.89. The van der Waals surface area contributed by atoms with Crippen molar-refractivity contribution in [2.24, 2.45) is 5.92 Å². The number of aryl methyl sites for hydroxylation is 1. The number of ether oxygens (including phenoxy) is 1. The number of hydrogen-bond donors (Lipinski definition) is 1. The lowest BCUT2D eigenvalue weighted by Gasteiger charge is -2.37. The number of methoxy groups -OCH3 is 1. The molecule has 1 atom stereocenters. The average molecular weight is 473 g/mol. The second-order valence-electron chi connectivity index (χ2n) is 9.47. The molecule has 8 nitrogen and oxygen atoms in total. The fraction of sp³-hybridized carbons (Fsp3) is 0.407. The third kappa shape index (κ3) is 5.18. The highest BCUT2D eigenvalue weighted by molar-refractivity contribution is 5.79. The van der Waals surface area contributed by atoms with Crippen molar-refractivity contribution in [1.82, 2.24) is 30.1 Å². The van der Waals surface area contributed by atoms with E-state index in [0.717, 1.165) is 48.8 Å². The second kappa shape index (κ2) is 10.5. The van der Waals surface area contributed by atoms with Gasteiger partial charge in [-0.05, 0) is 84.8 Å². The largest absolute Gasteiger partial charge is 0.383 e. The summed E-state index contributed by atoms with van der Waals surface area (Å²) in [5.41, 5.74) is 3.95. The van der Waals surface area contributed by atoms with E-state index in [0.29, 0.717) is 30.5 Å². The van der Waals surface area contributed by atoms with E-state index < -0.39 is 0 Å². The monoisotopic (exact) mass is 472 g/mol. The molecule has 1 saturated heterocycles. The van der Waals surface area contributed by atoms with Crippen molar-refractivity contribution in [3.05, 3.63) is 87.5 Å². The molecule has 0 amide bonds. The molecule has 2 aromatic carbocycles. The number of piperidine rings is 1. The van der Waals surface area contributed by atoms with Crippen LogP contribution in [0.4, 0.5) is 0 Å². The first-order chi connectivity index (χ1) is 17.1. The summed E-state index contributed by atoms with van der Waals surface area (Å²) < 4.78 is 7.04. The Morgan fingerprint density at radius 3 is 2.69 bits per heavy atom. The molecule has 0 radical (unpaired) electrons. The van der Waals surface area contributed by atoms with Crippen LogP contribution in [0.1, 0.15) is 41.4 Å². The standard InChI is InChI=1S/C27H32N6O2/c1-19-8-9-24-22(16-19)18-23(27(34)28-24)25(26-29-30-31-33(26)14-15-35-2)32-12-10-21(11-13-32)17-20-6-4-3-5-7-20/h3-9,16,18,21,25H,10-15,17H2,1-2H3,(H,28,34). The number of rotatable bonds is 8. The molecule has 0 aliphatic carbocycles. The highest BCUT2D eigenvalue weighted by atomic mass is 16.5. The number of nitrogens with zero attached hydrogens (tertiary/aromatic N) is 5. The maximum Gasteiger partial charge on any atom is 0.253 e. The maximum absolute atomic E-state index is 13.3. The first-order valence-electron chi connectivity index (χ1n) is 12.3. The molecule has 1 fully saturated rings. The van der Waals surface area contributed by atoms with E-state index in [1.54, 1.807) is 11.8 Å². The number of aromatic nitrogens is 5. The van der Waals surface area contributed by atoms with Crippen LogP contribution >= 0.6 is 0 Å². The van der Waals surface area contributed by atoms with Crippen LogP contribution in [0.15, 0.2) is 59.4 Å². The molecule has 5 rings (SSSR count). The van der Waals surface area contributed by atoms with Gasteiger partial charge in [0, 0.05) is 18.2 Å². The van der Waals surface area contributed by atoms with Crippen molar-refractivity contribution in [2.75, 3.05) is 26.8 Å². The fourth-order valence-corrected chi connectivity index (χ4v) is 5.15. The van der Waals surface area contributed by atoms with E-state index in [2.05, 4.69) is 68.7 Å². The minimum absolute atomic E-state index is 0.0981. The van der Waals surface area contributed by atoms with Gasteiger partial charge in [-0.1, -0.05) is 42.0 Å². The molecule has 0 spiro atoms. The van der Waals surface area contributed by atoms with E-state index in [1.165, 1.54) is 5.56 Å². The van der Waals surface area contributed by atoms with Crippen LogP contribution in [-0.2, 0) is 17.7 Å². The number of tetrazole rings is 1. The number of pyridine rings is 1. The number of nitrogens with one attached hydrogen (secondary N) is 1. The minimum Gasteiger partial charge on any atom is -0.383 e. The summed E-state index contributed by atoms with van der Waals surface area (Å²) in [5.74, 6) is 1.30. The first-order valence-corrected chi connectivity index (χ1v) is 12.3. The van der Waals surface area contributed by atoms with Crippen LogP contribution in [0.2, 0.25) is 0 Å². The molecule has 2 aromatic heterocycles. The molecule has 3 heterocycles. The quantitative estimate of drug-likeness (QED) is 0.422. The zero-order valence-electron chi connectivity index (χ0n) is 20.4. The Bertz CT molecular complexity index is 1320. The number of likely N-dealkylation sites (tertiary alicyclic amines) is 1. The number of fused-ring (bicyclic) bond motifs is 1. The van der Waals surface area contributed by atoms with Crippen LogP contribution in [0, 0.1) is 12.8 Å². The SMILES string of the molecule is COCCn1nnnc1C(c1cc2cc(C)ccc2[nH]c1=O)N1CCC(Cc2ccccc2)CC1. The van der Waals surface area contributed by atoms with Crippen molar-refractivity contribution in [3.63, 3.8) is 0 Å². The van der Waals surface area contributed by atoms with E-state index in [1.807, 2.05) is 18.2 Å². The zero-order valence-corrected chi connectivity index (χ0v) is 20.4. The Morgan fingerprint density at radius 1 is 1.11 bits per heavy atom. The molecule has 35 heavy (non-hydrogen) atoms. The van der Waals surface area contributed by atoms with Crippen LogP contribution in [0.3, 0.4) is 0 Å². The Morgan fingerprint density at radius 2 is 1.91 bits per heavy atom. The van der Waals surface area contributed by atoms with Gasteiger partial charge in [0.1, 0.15) is 6.04 Å². The molecule has 182 valence electrons. The van der Waals surface area contributed by atoms with E-state index in [-0.39, 0.29) is 11.6 Å². The molecular weight excluding hydrogens is 440 g/mol. The lowest BCUT2D eigenvalue weighted by molar-refractivity contribution is 0.138. The summed E-state index contributed by atoms with van der Waals surface area (Å²) in [7, 11) is 1.66. The van der Waals surface area contributed by atoms with E-state index in [4.69, 9.17) is 4.74 Å². The molecule has 1 aliphatic heterocycles. The number of aromatic amines is 1. The Hall–Kier alpha value is -3.36. The van der Waals surface area contributed by atoms with Gasteiger partial charge in [0.2, 0.25) is 0 Å². The minimum atomic E-state index is -0.326. The first kappa shape index (κ1) is 23.4. The highest BCUT2D eigenvalue weighted by Gasteiger charge is 2.33. The van der Waals surface area contributed by atoms with Gasteiger partial charge in [-0.15, -0.1) is 5.10 Å². The highest BCUT2D eigenvalue weighted by Crippen LogP contribution is 2.32. The molecule has 4 aromatic rings. The molecule has 1 aliphatic rings. The van der Waals surface area contributed by atoms with Crippen LogP contribution in [-0.4, -0.2) is 56.9 Å². The van der Waals surface area contributed by atoms with Crippen LogP contribution < -0.4 is 5.56 Å². The smallest absolute Gasteiger partial charge is 0.253 e. The van der Waals surface area contributed by atoms with Crippen LogP contribution in [0.25, 0.3) is 10.9 Å². The van der Waals surface area contributed by atoms with Gasteiger partial charge in [0.15, 0.2) is 5.82 Å². The summed E-state index contributed by atoms with van der Waals surface area (Å²) in [6, 6.07) is 18.4. The average Bonchev–Trinajstić information content (AvgIpc) is 3.33. The van der Waals surface area contributed by atoms with Gasteiger partial charge in [0.25, 0.3) is 5.56 Å². The van der Waals surface area contributed by atoms with Crippen molar-refractivity contribution >= 4 is 10.9 Å². The third-order valence-corrected chi connectivity index (χ3v) is 7.02. The van der Waals surface area contributed by atoms with Crippen molar-refractivity contribution < 1.29 is 4.74 Å². The predicted molar refractivity (Wildman–Crippen MR) is 135 cm³/mol. The van der Waals surface area contributed by atoms with Crippen LogP contribution in [0.5, 0.6) is 0 Å². The van der Waals surface area contributed by atoms with Gasteiger partial charge in [-0.25, -0.2) is 4.68 Å². The zero-order chi connectivity index (χ0) is 24.2. The molecular formula is C27H32N6O2. The maximum atomic E-state index is 13.3. The van der Waals surface area contributed by atoms with Crippen molar-refractivity contribution in [1.29, 1.82) is 0 Å². The summed E-state index contributed by atoms with van der Waals surface area (Å²) in [4.78, 5) is 18.8. The number of hydrogen-bond acceptors (Lipinski definition) is 6. The summed E-state index contributed by atoms with van der Waals surface area (Å²) in [6.07, 6.45) is 3.21. The normalized spacial score (nSPS) is 16.1. The Kier molecular flexibility index (Phi) is 7.01. The van der Waals surface area contributed by atoms with Gasteiger partial charge < -0.3 is 9.72 Å². The number of benzene rings is 2. The summed E-state index contributed by atoms with van der Waals surface area (Å²) in [6.45, 7) is 4.85. The summed E-state index contributed by atoms with van der Waals surface area (Å²) in [5, 5.41) is 13.6. The fourth-order valence-electron chi connectivity index (χ4n) is 5.15. The molecule has 8 heteroatoms. The second-order valence-corrected chi connectivity index (χ2v) is 9.47. The van der Waals surface area contributed by atoms with Gasteiger partial charge in [-0.2, -0.15) is 0 Å². The van der Waals surface area contributed by atoms with Gasteiger partial charge >= 0.3 is 0 Å². The van der Waals surface area contributed by atoms with Gasteiger partial charge in [0.05, 0.1) is 13.2 Å². The Labute approximate surface area is 204 Å². The molecule has 0 saturated carbocycles. The lowest BCUT2D eigenvalue weighted by Crippen LogP contribution is -2.41. The molecule has 1 unspecified atom stereocenters. The number of H-pyrrole nitrogens is 1. The molecule has 0 bridgehead atoms. The predicted octanol–water partition coefficient (Wildman–Crippen LogP) is 3.51. The van der Waals surface area contributed by atoms with Crippen molar-refractivity contribution in [2.45, 2.75) is 38.8 Å².